The van der Waals surface area contributed by atoms with E-state index in [0.29, 0.717) is 18.9 Å². The third-order valence-electron chi connectivity index (χ3n) is 4.98. The van der Waals surface area contributed by atoms with Gasteiger partial charge in [-0.15, -0.1) is 0 Å². The second kappa shape index (κ2) is 9.37. The second-order valence-corrected chi connectivity index (χ2v) is 7.04. The van der Waals surface area contributed by atoms with Crippen molar-refractivity contribution in [2.75, 3.05) is 41.8 Å². The molecule has 0 spiro atoms. The molecule has 2 aromatic carbocycles. The highest BCUT2D eigenvalue weighted by Crippen LogP contribution is 2.29. The normalized spacial score (nSPS) is 13.7. The molecule has 0 radical (unpaired) electrons. The van der Waals surface area contributed by atoms with Gasteiger partial charge in [0.05, 0.1) is 13.2 Å². The lowest BCUT2D eigenvalue weighted by molar-refractivity contribution is 0.122. The van der Waals surface area contributed by atoms with Crippen molar-refractivity contribution in [1.82, 2.24) is 9.97 Å². The van der Waals surface area contributed by atoms with Gasteiger partial charge in [-0.3, -0.25) is 4.98 Å². The minimum Gasteiger partial charge on any atom is -0.378 e. The van der Waals surface area contributed by atoms with Crippen molar-refractivity contribution < 1.29 is 9.53 Å². The van der Waals surface area contributed by atoms with E-state index < -0.39 is 0 Å². The van der Waals surface area contributed by atoms with Crippen LogP contribution < -0.4 is 15.5 Å². The summed E-state index contributed by atoms with van der Waals surface area (Å²) < 4.78 is 5.45. The average molecular weight is 403 g/mol. The third kappa shape index (κ3) is 4.75. The van der Waals surface area contributed by atoms with Gasteiger partial charge >= 0.3 is 6.03 Å². The molecule has 1 aromatic heterocycles. The van der Waals surface area contributed by atoms with Gasteiger partial charge in [0, 0.05) is 42.4 Å². The molecule has 7 heteroatoms. The number of anilines is 3. The number of rotatable bonds is 5. The van der Waals surface area contributed by atoms with Crippen molar-refractivity contribution in [3.05, 3.63) is 66.5 Å². The SMILES string of the molecule is CCc1cccc(NC(=O)Nc2cccc(-c3nccnc3N3CCOCC3)c2)c1. The largest absolute Gasteiger partial charge is 0.378 e. The number of hydrogen-bond acceptors (Lipinski definition) is 5. The Labute approximate surface area is 176 Å². The number of aromatic nitrogens is 2. The van der Waals surface area contributed by atoms with Gasteiger partial charge in [0.15, 0.2) is 5.82 Å². The van der Waals surface area contributed by atoms with E-state index in [9.17, 15) is 4.79 Å². The van der Waals surface area contributed by atoms with Gasteiger partial charge in [-0.2, -0.15) is 0 Å². The van der Waals surface area contributed by atoms with Crippen LogP contribution in [-0.2, 0) is 11.2 Å². The Hall–Kier alpha value is -3.45. The molecular weight excluding hydrogens is 378 g/mol. The summed E-state index contributed by atoms with van der Waals surface area (Å²) >= 11 is 0. The Morgan fingerprint density at radius 2 is 1.70 bits per heavy atom. The van der Waals surface area contributed by atoms with Crippen molar-refractivity contribution >= 4 is 23.2 Å². The molecule has 2 N–H and O–H groups in total. The van der Waals surface area contributed by atoms with Crippen LogP contribution in [0.25, 0.3) is 11.3 Å². The summed E-state index contributed by atoms with van der Waals surface area (Å²) in [6.45, 7) is 5.00. The summed E-state index contributed by atoms with van der Waals surface area (Å²) in [6.07, 6.45) is 4.31. The first kappa shape index (κ1) is 19.8. The smallest absolute Gasteiger partial charge is 0.323 e. The lowest BCUT2D eigenvalue weighted by Gasteiger charge is -2.28. The number of hydrogen-bond donors (Lipinski definition) is 2. The number of carbonyl (C=O) groups excluding carboxylic acids is 1. The Morgan fingerprint density at radius 3 is 2.47 bits per heavy atom. The summed E-state index contributed by atoms with van der Waals surface area (Å²) in [6, 6.07) is 15.2. The maximum Gasteiger partial charge on any atom is 0.323 e. The van der Waals surface area contributed by atoms with Gasteiger partial charge in [-0.25, -0.2) is 9.78 Å². The predicted molar refractivity (Wildman–Crippen MR) is 119 cm³/mol. The van der Waals surface area contributed by atoms with Gasteiger partial charge in [0.25, 0.3) is 0 Å². The van der Waals surface area contributed by atoms with E-state index in [1.807, 2.05) is 48.5 Å². The van der Waals surface area contributed by atoms with Crippen LogP contribution >= 0.6 is 0 Å². The minimum absolute atomic E-state index is 0.284. The topological polar surface area (TPSA) is 79.4 Å². The number of benzene rings is 2. The van der Waals surface area contributed by atoms with E-state index >= 15 is 0 Å². The lowest BCUT2D eigenvalue weighted by Crippen LogP contribution is -2.37. The molecular formula is C23H25N5O2. The first-order valence-corrected chi connectivity index (χ1v) is 10.1. The first-order chi connectivity index (χ1) is 14.7. The fourth-order valence-electron chi connectivity index (χ4n) is 3.45. The Balaban J connectivity index is 1.51. The molecule has 1 aliphatic rings. The predicted octanol–water partition coefficient (Wildman–Crippen LogP) is 4.19. The highest BCUT2D eigenvalue weighted by Gasteiger charge is 2.18. The molecule has 7 nitrogen and oxygen atoms in total. The van der Waals surface area contributed by atoms with Crippen LogP contribution in [0.3, 0.4) is 0 Å². The van der Waals surface area contributed by atoms with Gasteiger partial charge in [0.2, 0.25) is 0 Å². The van der Waals surface area contributed by atoms with E-state index in [2.05, 4.69) is 32.4 Å². The Morgan fingerprint density at radius 1 is 1.00 bits per heavy atom. The second-order valence-electron chi connectivity index (χ2n) is 7.04. The molecule has 3 aromatic rings. The molecule has 1 fully saturated rings. The molecule has 2 amide bonds. The number of urea groups is 1. The fourth-order valence-corrected chi connectivity index (χ4v) is 3.45. The number of amides is 2. The van der Waals surface area contributed by atoms with E-state index in [-0.39, 0.29) is 6.03 Å². The van der Waals surface area contributed by atoms with Crippen molar-refractivity contribution in [2.24, 2.45) is 0 Å². The monoisotopic (exact) mass is 403 g/mol. The van der Waals surface area contributed by atoms with E-state index in [4.69, 9.17) is 4.74 Å². The zero-order chi connectivity index (χ0) is 20.8. The van der Waals surface area contributed by atoms with Crippen LogP contribution in [0.4, 0.5) is 22.0 Å². The molecule has 0 atom stereocenters. The van der Waals surface area contributed by atoms with Gasteiger partial charge in [-0.05, 0) is 36.2 Å². The quantitative estimate of drug-likeness (QED) is 0.668. The number of aryl methyl sites for hydroxylation is 1. The number of carbonyl (C=O) groups is 1. The molecule has 4 rings (SSSR count). The van der Waals surface area contributed by atoms with Gasteiger partial charge in [0.1, 0.15) is 5.69 Å². The van der Waals surface area contributed by atoms with Crippen molar-refractivity contribution in [3.63, 3.8) is 0 Å². The van der Waals surface area contributed by atoms with E-state index in [1.165, 1.54) is 5.56 Å². The summed E-state index contributed by atoms with van der Waals surface area (Å²) in [5, 5.41) is 5.79. The Bertz CT molecular complexity index is 1020. The maximum absolute atomic E-state index is 12.5. The highest BCUT2D eigenvalue weighted by molar-refractivity contribution is 6.00. The summed E-state index contributed by atoms with van der Waals surface area (Å²) in [5.74, 6) is 0.832. The van der Waals surface area contributed by atoms with Crippen LogP contribution in [-0.4, -0.2) is 42.3 Å². The molecule has 0 aliphatic carbocycles. The molecule has 0 saturated carbocycles. The summed E-state index contributed by atoms with van der Waals surface area (Å²) in [4.78, 5) is 23.8. The average Bonchev–Trinajstić information content (AvgIpc) is 2.80. The number of ether oxygens (including phenoxy) is 1. The molecule has 0 unspecified atom stereocenters. The number of morpholine rings is 1. The fraction of sp³-hybridized carbons (Fsp3) is 0.261. The molecule has 1 aliphatic heterocycles. The lowest BCUT2D eigenvalue weighted by atomic mass is 10.1. The van der Waals surface area contributed by atoms with Crippen molar-refractivity contribution in [2.45, 2.75) is 13.3 Å². The molecule has 0 bridgehead atoms. The molecule has 1 saturated heterocycles. The number of nitrogens with one attached hydrogen (secondary N) is 2. The number of nitrogens with zero attached hydrogens (tertiary/aromatic N) is 3. The highest BCUT2D eigenvalue weighted by atomic mass is 16.5. The summed E-state index contributed by atoms with van der Waals surface area (Å²) in [5.41, 5.74) is 4.32. The third-order valence-corrected chi connectivity index (χ3v) is 4.98. The zero-order valence-electron chi connectivity index (χ0n) is 17.0. The molecule has 2 heterocycles. The maximum atomic E-state index is 12.5. The zero-order valence-corrected chi connectivity index (χ0v) is 17.0. The first-order valence-electron chi connectivity index (χ1n) is 10.1. The van der Waals surface area contributed by atoms with Crippen LogP contribution in [0.1, 0.15) is 12.5 Å². The van der Waals surface area contributed by atoms with Gasteiger partial charge in [-0.1, -0.05) is 31.2 Å². The Kier molecular flexibility index (Phi) is 6.20. The van der Waals surface area contributed by atoms with Crippen LogP contribution in [0, 0.1) is 0 Å². The van der Waals surface area contributed by atoms with E-state index in [0.717, 1.165) is 42.3 Å². The molecule has 30 heavy (non-hydrogen) atoms. The van der Waals surface area contributed by atoms with Crippen LogP contribution in [0.15, 0.2) is 60.9 Å². The molecule has 154 valence electrons. The minimum atomic E-state index is -0.284. The summed E-state index contributed by atoms with van der Waals surface area (Å²) in [7, 11) is 0. The standard InChI is InChI=1S/C23H25N5O2/c1-2-17-5-3-7-19(15-17)26-23(29)27-20-8-4-6-18(16-20)21-22(25-10-9-24-21)28-11-13-30-14-12-28/h3-10,15-16H,2,11-14H2,1H3,(H2,26,27,29). The van der Waals surface area contributed by atoms with Crippen LogP contribution in [0.2, 0.25) is 0 Å². The van der Waals surface area contributed by atoms with E-state index in [1.54, 1.807) is 12.4 Å². The van der Waals surface area contributed by atoms with Crippen molar-refractivity contribution in [3.8, 4) is 11.3 Å². The van der Waals surface area contributed by atoms with Crippen molar-refractivity contribution in [1.29, 1.82) is 0 Å². The van der Waals surface area contributed by atoms with Gasteiger partial charge < -0.3 is 20.3 Å². The van der Waals surface area contributed by atoms with Crippen LogP contribution in [0.5, 0.6) is 0 Å².